The molecule has 1 heterocycles. The van der Waals surface area contributed by atoms with Crippen molar-refractivity contribution >= 4 is 17.2 Å². The van der Waals surface area contributed by atoms with Crippen LogP contribution in [0, 0.1) is 5.92 Å². The Bertz CT molecular complexity index is 441. The third kappa shape index (κ3) is 3.23. The van der Waals surface area contributed by atoms with E-state index in [-0.39, 0.29) is 12.0 Å². The summed E-state index contributed by atoms with van der Waals surface area (Å²) >= 11 is 1.74. The Morgan fingerprint density at radius 2 is 2.05 bits per heavy atom. The monoisotopic (exact) mass is 292 g/mol. The molecule has 0 radical (unpaired) electrons. The summed E-state index contributed by atoms with van der Waals surface area (Å²) in [7, 11) is 0. The van der Waals surface area contributed by atoms with Gasteiger partial charge in [0.05, 0.1) is 12.5 Å². The van der Waals surface area contributed by atoms with Crippen LogP contribution >= 0.6 is 11.3 Å². The van der Waals surface area contributed by atoms with Crippen molar-refractivity contribution in [2.24, 2.45) is 11.7 Å². The molecule has 20 heavy (non-hydrogen) atoms. The van der Waals surface area contributed by atoms with Gasteiger partial charge in [0.25, 0.3) is 0 Å². The Morgan fingerprint density at radius 1 is 1.25 bits per heavy atom. The molecular weight excluding hydrogens is 268 g/mol. The fourth-order valence-electron chi connectivity index (χ4n) is 3.20. The summed E-state index contributed by atoms with van der Waals surface area (Å²) in [5, 5.41) is 2.09. The lowest BCUT2D eigenvalue weighted by atomic mass is 9.94. The lowest BCUT2D eigenvalue weighted by Gasteiger charge is -2.29. The molecule has 1 aromatic heterocycles. The minimum Gasteiger partial charge on any atom is -0.334 e. The fraction of sp³-hybridized carbons (Fsp3) is 0.688. The molecule has 2 N–H and O–H groups in total. The zero-order valence-electron chi connectivity index (χ0n) is 12.0. The number of nitrogens with zero attached hydrogens (tertiary/aromatic N) is 1. The van der Waals surface area contributed by atoms with Gasteiger partial charge in [-0.15, -0.1) is 11.3 Å². The maximum Gasteiger partial charge on any atom is 0.227 e. The lowest BCUT2D eigenvalue weighted by molar-refractivity contribution is -0.137. The Balaban J connectivity index is 1.71. The number of rotatable bonds is 4. The molecule has 1 aromatic rings. The van der Waals surface area contributed by atoms with Crippen LogP contribution in [-0.4, -0.2) is 22.9 Å². The van der Waals surface area contributed by atoms with Gasteiger partial charge >= 0.3 is 0 Å². The molecule has 2 aliphatic rings. The number of nitrogens with two attached hydrogens (primary N) is 1. The van der Waals surface area contributed by atoms with Crippen LogP contribution in [0.1, 0.15) is 49.8 Å². The molecule has 0 aliphatic heterocycles. The van der Waals surface area contributed by atoms with Gasteiger partial charge in [0.2, 0.25) is 5.91 Å². The number of hydrogen-bond donors (Lipinski definition) is 1. The standard InChI is InChI=1S/C16H24N2OS/c17-15-7-3-1-2-6-14(15)16(19)18(12-8-9-12)11-13-5-4-10-20-13/h4-5,10,12,14-15H,1-3,6-9,11,17H2. The summed E-state index contributed by atoms with van der Waals surface area (Å²) < 4.78 is 0. The van der Waals surface area contributed by atoms with Crippen molar-refractivity contribution in [2.45, 2.75) is 63.6 Å². The molecule has 2 fully saturated rings. The highest BCUT2D eigenvalue weighted by Gasteiger charge is 2.38. The molecular formula is C16H24N2OS. The van der Waals surface area contributed by atoms with E-state index in [0.717, 1.165) is 25.8 Å². The van der Waals surface area contributed by atoms with E-state index in [4.69, 9.17) is 5.73 Å². The summed E-state index contributed by atoms with van der Waals surface area (Å²) in [6.45, 7) is 0.782. The Hall–Kier alpha value is -0.870. The SMILES string of the molecule is NC1CCCCCC1C(=O)N(Cc1cccs1)C1CC1. The normalized spacial score (nSPS) is 27.1. The van der Waals surface area contributed by atoms with Crippen LogP contribution < -0.4 is 5.73 Å². The van der Waals surface area contributed by atoms with E-state index in [1.165, 1.54) is 30.6 Å². The van der Waals surface area contributed by atoms with Crippen LogP contribution in [-0.2, 0) is 11.3 Å². The largest absolute Gasteiger partial charge is 0.334 e. The summed E-state index contributed by atoms with van der Waals surface area (Å²) in [6.07, 6.45) is 7.88. The minimum absolute atomic E-state index is 0.0538. The van der Waals surface area contributed by atoms with Gasteiger partial charge in [-0.3, -0.25) is 4.79 Å². The van der Waals surface area contributed by atoms with Gasteiger partial charge in [-0.1, -0.05) is 25.3 Å². The van der Waals surface area contributed by atoms with Crippen molar-refractivity contribution in [1.82, 2.24) is 4.90 Å². The number of amides is 1. The van der Waals surface area contributed by atoms with E-state index in [0.29, 0.717) is 11.9 Å². The second-order valence-corrected chi connectivity index (χ2v) is 7.22. The molecule has 0 saturated heterocycles. The topological polar surface area (TPSA) is 46.3 Å². The van der Waals surface area contributed by atoms with E-state index in [9.17, 15) is 4.79 Å². The van der Waals surface area contributed by atoms with Crippen LogP contribution in [0.5, 0.6) is 0 Å². The maximum atomic E-state index is 12.9. The molecule has 0 spiro atoms. The molecule has 2 saturated carbocycles. The molecule has 2 atom stereocenters. The van der Waals surface area contributed by atoms with E-state index in [1.54, 1.807) is 11.3 Å². The molecule has 0 aromatic carbocycles. The summed E-state index contributed by atoms with van der Waals surface area (Å²) in [5.74, 6) is 0.369. The Labute approximate surface area is 125 Å². The molecule has 2 aliphatic carbocycles. The van der Waals surface area contributed by atoms with Crippen LogP contribution in [0.4, 0.5) is 0 Å². The molecule has 1 amide bonds. The predicted molar refractivity (Wildman–Crippen MR) is 82.4 cm³/mol. The van der Waals surface area contributed by atoms with Crippen molar-refractivity contribution < 1.29 is 4.79 Å². The smallest absolute Gasteiger partial charge is 0.227 e. The van der Waals surface area contributed by atoms with Gasteiger partial charge in [0.15, 0.2) is 0 Å². The van der Waals surface area contributed by atoms with E-state index < -0.39 is 0 Å². The number of hydrogen-bond acceptors (Lipinski definition) is 3. The minimum atomic E-state index is 0.0538. The van der Waals surface area contributed by atoms with Crippen molar-refractivity contribution in [1.29, 1.82) is 0 Å². The first-order valence-corrected chi connectivity index (χ1v) is 8.72. The number of carbonyl (C=O) groups excluding carboxylic acids is 1. The molecule has 2 unspecified atom stereocenters. The highest BCUT2D eigenvalue weighted by Crippen LogP contribution is 2.33. The van der Waals surface area contributed by atoms with Gasteiger partial charge in [-0.2, -0.15) is 0 Å². The average Bonchev–Trinajstić information content (AvgIpc) is 3.19. The maximum absolute atomic E-state index is 12.9. The second kappa shape index (κ2) is 6.27. The third-order valence-electron chi connectivity index (χ3n) is 4.56. The highest BCUT2D eigenvalue weighted by molar-refractivity contribution is 7.09. The van der Waals surface area contributed by atoms with Crippen molar-refractivity contribution in [3.05, 3.63) is 22.4 Å². The van der Waals surface area contributed by atoms with E-state index >= 15 is 0 Å². The van der Waals surface area contributed by atoms with Gasteiger partial charge < -0.3 is 10.6 Å². The molecule has 4 heteroatoms. The first kappa shape index (κ1) is 14.1. The predicted octanol–water partition coefficient (Wildman–Crippen LogP) is 3.15. The first-order chi connectivity index (χ1) is 9.75. The summed E-state index contributed by atoms with van der Waals surface area (Å²) in [6, 6.07) is 4.72. The molecule has 3 nitrogen and oxygen atoms in total. The fourth-order valence-corrected chi connectivity index (χ4v) is 3.90. The van der Waals surface area contributed by atoms with Crippen molar-refractivity contribution in [2.75, 3.05) is 0 Å². The van der Waals surface area contributed by atoms with Gasteiger partial charge in [-0.25, -0.2) is 0 Å². The van der Waals surface area contributed by atoms with Gasteiger partial charge in [0.1, 0.15) is 0 Å². The van der Waals surface area contributed by atoms with E-state index in [1.807, 2.05) is 0 Å². The molecule has 110 valence electrons. The van der Waals surface area contributed by atoms with Crippen LogP contribution in [0.25, 0.3) is 0 Å². The summed E-state index contributed by atoms with van der Waals surface area (Å²) in [4.78, 5) is 16.3. The third-order valence-corrected chi connectivity index (χ3v) is 5.42. The van der Waals surface area contributed by atoms with Crippen LogP contribution in [0.2, 0.25) is 0 Å². The molecule has 0 bridgehead atoms. The molecule has 3 rings (SSSR count). The Kier molecular flexibility index (Phi) is 4.41. The van der Waals surface area contributed by atoms with Gasteiger partial charge in [0, 0.05) is 17.0 Å². The Morgan fingerprint density at radius 3 is 2.75 bits per heavy atom. The lowest BCUT2D eigenvalue weighted by Crippen LogP contribution is -2.44. The van der Waals surface area contributed by atoms with Crippen molar-refractivity contribution in [3.63, 3.8) is 0 Å². The first-order valence-electron chi connectivity index (χ1n) is 7.84. The highest BCUT2D eigenvalue weighted by atomic mass is 32.1. The van der Waals surface area contributed by atoms with Crippen LogP contribution in [0.15, 0.2) is 17.5 Å². The van der Waals surface area contributed by atoms with E-state index in [2.05, 4.69) is 22.4 Å². The number of thiophene rings is 1. The van der Waals surface area contributed by atoms with Crippen molar-refractivity contribution in [3.8, 4) is 0 Å². The second-order valence-electron chi connectivity index (χ2n) is 6.19. The van der Waals surface area contributed by atoms with Gasteiger partial charge in [-0.05, 0) is 37.1 Å². The zero-order chi connectivity index (χ0) is 13.9. The number of carbonyl (C=O) groups is 1. The summed E-state index contributed by atoms with van der Waals surface area (Å²) in [5.41, 5.74) is 6.27. The zero-order valence-corrected chi connectivity index (χ0v) is 12.8. The van der Waals surface area contributed by atoms with Crippen LogP contribution in [0.3, 0.4) is 0 Å². The quantitative estimate of drug-likeness (QED) is 0.867. The average molecular weight is 292 g/mol.